The van der Waals surface area contributed by atoms with Gasteiger partial charge in [-0.1, -0.05) is 0 Å². The Bertz CT molecular complexity index is 1310. The van der Waals surface area contributed by atoms with Crippen LogP contribution in [-0.2, 0) is 0 Å². The lowest BCUT2D eigenvalue weighted by Gasteiger charge is -2.09. The van der Waals surface area contributed by atoms with Crippen LogP contribution in [-0.4, -0.2) is 40.6 Å². The first kappa shape index (κ1) is 17.0. The van der Waals surface area contributed by atoms with Crippen molar-refractivity contribution in [1.29, 1.82) is 0 Å². The molecule has 4 rings (SSSR count). The second-order valence-electron chi connectivity index (χ2n) is 5.57. The van der Waals surface area contributed by atoms with Crippen LogP contribution < -0.4 is 10.9 Å². The van der Waals surface area contributed by atoms with Crippen LogP contribution in [0.2, 0.25) is 0 Å². The molecule has 4 aromatic rings. The Morgan fingerprint density at radius 3 is 1.36 bits per heavy atom. The minimum atomic E-state index is -1.19. The SMILES string of the molecule is O=c1c(O)c(-c2oc3cc(O)nc(O)c3c(=O)c2O)oc2cc(O)nc(O)c12. The maximum Gasteiger partial charge on any atom is 0.240 e. The summed E-state index contributed by atoms with van der Waals surface area (Å²) in [6.45, 7) is 0. The van der Waals surface area contributed by atoms with Gasteiger partial charge in [0.1, 0.15) is 21.9 Å². The average Bonchev–Trinajstić information content (AvgIpc) is 2.60. The summed E-state index contributed by atoms with van der Waals surface area (Å²) in [5, 5.41) is 57.4. The van der Waals surface area contributed by atoms with Gasteiger partial charge in [-0.25, -0.2) is 0 Å². The highest BCUT2D eigenvalue weighted by Crippen LogP contribution is 2.38. The standard InChI is InChI=1S/C16H8N2O10/c19-5-1-3-7(15(25)17-5)9(21)11(23)13(27-3)14-12(24)10(22)8-4(28-14)2-6(20)18-16(8)26/h1-2,23-24H,(H2,17,19,25)(H2,18,20,26). The Morgan fingerprint density at radius 2 is 1.00 bits per heavy atom. The number of nitrogens with zero attached hydrogens (tertiary/aromatic N) is 2. The molecule has 0 spiro atoms. The van der Waals surface area contributed by atoms with Crippen LogP contribution in [0.15, 0.2) is 30.6 Å². The van der Waals surface area contributed by atoms with Crippen molar-refractivity contribution in [2.24, 2.45) is 0 Å². The van der Waals surface area contributed by atoms with Gasteiger partial charge in [-0.2, -0.15) is 9.97 Å². The zero-order valence-corrected chi connectivity index (χ0v) is 13.4. The van der Waals surface area contributed by atoms with Gasteiger partial charge in [0, 0.05) is 12.1 Å². The molecule has 0 unspecified atom stereocenters. The van der Waals surface area contributed by atoms with Gasteiger partial charge in [0.25, 0.3) is 0 Å². The first-order chi connectivity index (χ1) is 13.2. The van der Waals surface area contributed by atoms with E-state index in [0.29, 0.717) is 0 Å². The molecule has 6 N–H and O–H groups in total. The van der Waals surface area contributed by atoms with Gasteiger partial charge in [0.15, 0.2) is 0 Å². The molecule has 0 aliphatic rings. The second kappa shape index (κ2) is 5.51. The zero-order chi connectivity index (χ0) is 20.3. The highest BCUT2D eigenvalue weighted by Gasteiger charge is 2.26. The number of rotatable bonds is 1. The van der Waals surface area contributed by atoms with Gasteiger partial charge in [-0.3, -0.25) is 9.59 Å². The number of fused-ring (bicyclic) bond motifs is 2. The molecule has 12 heteroatoms. The van der Waals surface area contributed by atoms with Crippen molar-refractivity contribution in [1.82, 2.24) is 9.97 Å². The molecule has 0 saturated heterocycles. The van der Waals surface area contributed by atoms with E-state index >= 15 is 0 Å². The summed E-state index contributed by atoms with van der Waals surface area (Å²) in [5.41, 5.74) is -3.26. The van der Waals surface area contributed by atoms with E-state index in [1.165, 1.54) is 0 Å². The van der Waals surface area contributed by atoms with Gasteiger partial charge in [0.2, 0.25) is 57.4 Å². The number of hydrogen-bond donors (Lipinski definition) is 6. The minimum Gasteiger partial charge on any atom is -0.501 e. The minimum absolute atomic E-state index is 0.439. The van der Waals surface area contributed by atoms with Crippen molar-refractivity contribution >= 4 is 21.9 Å². The molecular weight excluding hydrogens is 380 g/mol. The van der Waals surface area contributed by atoms with Gasteiger partial charge >= 0.3 is 0 Å². The zero-order valence-electron chi connectivity index (χ0n) is 13.4. The fraction of sp³-hybridized carbons (Fsp3) is 0. The molecule has 4 heterocycles. The Balaban J connectivity index is 2.15. The molecule has 0 fully saturated rings. The Labute approximate surface area is 151 Å². The largest absolute Gasteiger partial charge is 0.501 e. The topological polar surface area (TPSA) is 208 Å². The van der Waals surface area contributed by atoms with Crippen LogP contribution in [0, 0.1) is 0 Å². The van der Waals surface area contributed by atoms with Crippen LogP contribution in [0.3, 0.4) is 0 Å². The fourth-order valence-corrected chi connectivity index (χ4v) is 2.65. The number of aromatic nitrogens is 2. The van der Waals surface area contributed by atoms with Crippen LogP contribution in [0.5, 0.6) is 35.0 Å². The maximum atomic E-state index is 12.3. The van der Waals surface area contributed by atoms with Gasteiger partial charge in [0.05, 0.1) is 0 Å². The molecule has 0 amide bonds. The summed E-state index contributed by atoms with van der Waals surface area (Å²) < 4.78 is 10.4. The predicted molar refractivity (Wildman–Crippen MR) is 89.5 cm³/mol. The number of pyridine rings is 2. The molecule has 0 bridgehead atoms. The monoisotopic (exact) mass is 388 g/mol. The molecule has 0 saturated carbocycles. The van der Waals surface area contributed by atoms with Crippen LogP contribution >= 0.6 is 0 Å². The van der Waals surface area contributed by atoms with E-state index in [9.17, 15) is 40.2 Å². The molecule has 142 valence electrons. The fourth-order valence-electron chi connectivity index (χ4n) is 2.65. The van der Waals surface area contributed by atoms with E-state index in [0.717, 1.165) is 12.1 Å². The Kier molecular flexibility index (Phi) is 3.34. The molecule has 0 aliphatic heterocycles. The van der Waals surface area contributed by atoms with Gasteiger partial charge in [-0.05, 0) is 0 Å². The smallest absolute Gasteiger partial charge is 0.240 e. The summed E-state index contributed by atoms with van der Waals surface area (Å²) in [4.78, 5) is 31.2. The van der Waals surface area contributed by atoms with E-state index in [1.807, 2.05) is 0 Å². The highest BCUT2D eigenvalue weighted by atomic mass is 16.4. The van der Waals surface area contributed by atoms with E-state index in [1.54, 1.807) is 0 Å². The van der Waals surface area contributed by atoms with E-state index in [2.05, 4.69) is 9.97 Å². The summed E-state index contributed by atoms with van der Waals surface area (Å²) in [6.07, 6.45) is 0. The highest BCUT2D eigenvalue weighted by molar-refractivity contribution is 5.89. The van der Waals surface area contributed by atoms with Crippen molar-refractivity contribution in [3.63, 3.8) is 0 Å². The molecule has 12 nitrogen and oxygen atoms in total. The molecule has 0 aromatic carbocycles. The molecule has 0 radical (unpaired) electrons. The van der Waals surface area contributed by atoms with Crippen LogP contribution in [0.25, 0.3) is 33.5 Å². The second-order valence-corrected chi connectivity index (χ2v) is 5.57. The van der Waals surface area contributed by atoms with Gasteiger partial charge < -0.3 is 39.5 Å². The third-order valence-corrected chi connectivity index (χ3v) is 3.85. The van der Waals surface area contributed by atoms with E-state index in [4.69, 9.17) is 8.83 Å². The van der Waals surface area contributed by atoms with Crippen molar-refractivity contribution < 1.29 is 39.5 Å². The molecule has 4 aromatic heterocycles. The lowest BCUT2D eigenvalue weighted by atomic mass is 10.1. The lowest BCUT2D eigenvalue weighted by molar-refractivity contribution is 0.402. The molecule has 0 atom stereocenters. The van der Waals surface area contributed by atoms with Crippen LogP contribution in [0.4, 0.5) is 0 Å². The lowest BCUT2D eigenvalue weighted by Crippen LogP contribution is -2.07. The quantitative estimate of drug-likeness (QED) is 0.265. The normalized spacial score (nSPS) is 11.3. The predicted octanol–water partition coefficient (Wildman–Crippen LogP) is 0.590. The Hall–Kier alpha value is -4.48. The van der Waals surface area contributed by atoms with Crippen molar-refractivity contribution in [3.05, 3.63) is 32.6 Å². The molecule has 28 heavy (non-hydrogen) atoms. The average molecular weight is 388 g/mol. The Morgan fingerprint density at radius 1 is 0.643 bits per heavy atom. The van der Waals surface area contributed by atoms with E-state index in [-0.39, 0.29) is 0 Å². The number of hydrogen-bond acceptors (Lipinski definition) is 12. The van der Waals surface area contributed by atoms with E-state index < -0.39 is 79.3 Å². The van der Waals surface area contributed by atoms with Gasteiger partial charge in [-0.15, -0.1) is 0 Å². The van der Waals surface area contributed by atoms with Crippen molar-refractivity contribution in [3.8, 4) is 46.5 Å². The number of aromatic hydroxyl groups is 6. The third kappa shape index (κ3) is 2.25. The molecular formula is C16H8N2O10. The van der Waals surface area contributed by atoms with Crippen molar-refractivity contribution in [2.75, 3.05) is 0 Å². The molecule has 0 aliphatic carbocycles. The summed E-state index contributed by atoms with van der Waals surface area (Å²) in [5.74, 6) is -7.17. The maximum absolute atomic E-state index is 12.3. The third-order valence-electron chi connectivity index (χ3n) is 3.85. The first-order valence-electron chi connectivity index (χ1n) is 7.37. The van der Waals surface area contributed by atoms with Crippen LogP contribution in [0.1, 0.15) is 0 Å². The van der Waals surface area contributed by atoms with Crippen molar-refractivity contribution in [2.45, 2.75) is 0 Å². The first-order valence-corrected chi connectivity index (χ1v) is 7.37. The summed E-state index contributed by atoms with van der Waals surface area (Å²) >= 11 is 0. The summed E-state index contributed by atoms with van der Waals surface area (Å²) in [6, 6.07) is 1.69. The summed E-state index contributed by atoms with van der Waals surface area (Å²) in [7, 11) is 0.